The van der Waals surface area contributed by atoms with E-state index in [1.54, 1.807) is 21.3 Å². The highest BCUT2D eigenvalue weighted by molar-refractivity contribution is 14.0. The minimum atomic E-state index is 0. The van der Waals surface area contributed by atoms with Crippen molar-refractivity contribution in [2.75, 3.05) is 21.3 Å². The Morgan fingerprint density at radius 3 is 2.18 bits per heavy atom. The number of benzene rings is 2. The quantitative estimate of drug-likeness (QED) is 0.234. The molecule has 0 unspecified atom stereocenters. The molecule has 0 bridgehead atoms. The normalized spacial score (nSPS) is 10.9. The number of ether oxygens (including phenoxy) is 3. The second kappa shape index (κ2) is 12.9. The van der Waals surface area contributed by atoms with Gasteiger partial charge in [-0.3, -0.25) is 0 Å². The Kier molecular flexibility index (Phi) is 10.2. The molecule has 2 aromatic carbocycles. The first-order valence-corrected chi connectivity index (χ1v) is 10.2. The zero-order chi connectivity index (χ0) is 22.9. The number of aryl methyl sites for hydroxylation is 1. The van der Waals surface area contributed by atoms with Crippen LogP contribution in [0.15, 0.2) is 47.5 Å². The van der Waals surface area contributed by atoms with E-state index in [-0.39, 0.29) is 24.0 Å². The zero-order valence-corrected chi connectivity index (χ0v) is 21.9. The van der Waals surface area contributed by atoms with E-state index < -0.39 is 0 Å². The Morgan fingerprint density at radius 2 is 1.58 bits per heavy atom. The third-order valence-corrected chi connectivity index (χ3v) is 5.12. The van der Waals surface area contributed by atoms with Gasteiger partial charge in [-0.25, -0.2) is 4.99 Å². The summed E-state index contributed by atoms with van der Waals surface area (Å²) in [4.78, 5) is 4.74. The molecule has 10 heteroatoms. The van der Waals surface area contributed by atoms with Crippen LogP contribution in [-0.4, -0.2) is 42.1 Å². The molecule has 9 nitrogen and oxygen atoms in total. The van der Waals surface area contributed by atoms with Gasteiger partial charge in [0.05, 0.1) is 34.4 Å². The first-order chi connectivity index (χ1) is 15.5. The molecule has 0 radical (unpaired) electrons. The fourth-order valence-corrected chi connectivity index (χ4v) is 3.02. The fourth-order valence-electron chi connectivity index (χ4n) is 3.02. The Morgan fingerprint density at radius 1 is 0.909 bits per heavy atom. The van der Waals surface area contributed by atoms with E-state index in [4.69, 9.17) is 19.2 Å². The summed E-state index contributed by atoms with van der Waals surface area (Å²) in [5, 5.41) is 15.0. The van der Waals surface area contributed by atoms with Crippen molar-refractivity contribution in [2.45, 2.75) is 26.6 Å². The molecular formula is C23H31IN6O3. The zero-order valence-electron chi connectivity index (χ0n) is 19.6. The smallest absolute Gasteiger partial charge is 0.192 e. The van der Waals surface area contributed by atoms with Gasteiger partial charge in [-0.05, 0) is 36.8 Å². The number of nitrogens with one attached hydrogen (secondary N) is 2. The van der Waals surface area contributed by atoms with Crippen molar-refractivity contribution < 1.29 is 14.2 Å². The van der Waals surface area contributed by atoms with Crippen LogP contribution in [0.5, 0.6) is 17.2 Å². The first kappa shape index (κ1) is 26.2. The predicted octanol–water partition coefficient (Wildman–Crippen LogP) is 3.20. The number of methoxy groups -OCH3 is 3. The lowest BCUT2D eigenvalue weighted by Gasteiger charge is -2.15. The van der Waals surface area contributed by atoms with Crippen LogP contribution in [0.4, 0.5) is 0 Å². The molecule has 0 atom stereocenters. The summed E-state index contributed by atoms with van der Waals surface area (Å²) in [6, 6.07) is 13.6. The highest BCUT2D eigenvalue weighted by atomic mass is 127. The molecule has 1 heterocycles. The van der Waals surface area contributed by atoms with Crippen LogP contribution in [0.1, 0.15) is 22.8 Å². The Hall–Kier alpha value is -3.02. The average Bonchev–Trinajstić information content (AvgIpc) is 3.16. The maximum Gasteiger partial charge on any atom is 0.192 e. The largest absolute Gasteiger partial charge is 0.497 e. The van der Waals surface area contributed by atoms with E-state index in [0.29, 0.717) is 25.6 Å². The van der Waals surface area contributed by atoms with Gasteiger partial charge >= 0.3 is 0 Å². The van der Waals surface area contributed by atoms with E-state index in [1.165, 1.54) is 0 Å². The molecule has 3 aromatic rings. The van der Waals surface area contributed by atoms with Gasteiger partial charge in [-0.15, -0.1) is 34.2 Å². The average molecular weight is 566 g/mol. The van der Waals surface area contributed by atoms with Crippen LogP contribution in [0.25, 0.3) is 0 Å². The van der Waals surface area contributed by atoms with Crippen molar-refractivity contribution in [1.29, 1.82) is 0 Å². The number of rotatable bonds is 9. The maximum absolute atomic E-state index is 5.51. The van der Waals surface area contributed by atoms with Gasteiger partial charge in [0, 0.05) is 25.2 Å². The van der Waals surface area contributed by atoms with E-state index in [2.05, 4.69) is 20.8 Å². The van der Waals surface area contributed by atoms with Gasteiger partial charge < -0.3 is 29.4 Å². The minimum absolute atomic E-state index is 0. The Balaban J connectivity index is 0.00000385. The SMILES string of the molecule is COc1ccc(CN=C(NCc2ccc(OC)cc2OC)NCc2nnc(C)n2C)cc1.I. The summed E-state index contributed by atoms with van der Waals surface area (Å²) in [7, 11) is 6.87. The van der Waals surface area contributed by atoms with Gasteiger partial charge in [0.1, 0.15) is 23.1 Å². The van der Waals surface area contributed by atoms with Crippen molar-refractivity contribution in [2.24, 2.45) is 12.0 Å². The van der Waals surface area contributed by atoms with Crippen LogP contribution in [0.2, 0.25) is 0 Å². The first-order valence-electron chi connectivity index (χ1n) is 10.2. The van der Waals surface area contributed by atoms with Crippen molar-refractivity contribution >= 4 is 29.9 Å². The van der Waals surface area contributed by atoms with Crippen molar-refractivity contribution in [1.82, 2.24) is 25.4 Å². The second-order valence-corrected chi connectivity index (χ2v) is 7.12. The summed E-state index contributed by atoms with van der Waals surface area (Å²) in [5.41, 5.74) is 2.06. The standard InChI is InChI=1S/C23H30N6O3.HI/c1-16-27-28-22(29(16)2)15-26-23(24-13-17-6-9-19(30-3)10-7-17)25-14-18-8-11-20(31-4)12-21(18)32-5;/h6-12H,13-15H2,1-5H3,(H2,24,25,26);1H. The third-order valence-electron chi connectivity index (χ3n) is 5.12. The third kappa shape index (κ3) is 7.24. The van der Waals surface area contributed by atoms with E-state index in [0.717, 1.165) is 40.0 Å². The van der Waals surface area contributed by atoms with Crippen LogP contribution >= 0.6 is 24.0 Å². The Labute approximate surface area is 211 Å². The van der Waals surface area contributed by atoms with Crippen LogP contribution < -0.4 is 24.8 Å². The highest BCUT2D eigenvalue weighted by Crippen LogP contribution is 2.24. The molecule has 0 spiro atoms. The second-order valence-electron chi connectivity index (χ2n) is 7.12. The summed E-state index contributed by atoms with van der Waals surface area (Å²) >= 11 is 0. The van der Waals surface area contributed by atoms with Gasteiger partial charge in [0.25, 0.3) is 0 Å². The number of hydrogen-bond donors (Lipinski definition) is 2. The molecule has 1 aromatic heterocycles. The van der Waals surface area contributed by atoms with Crippen LogP contribution in [-0.2, 0) is 26.7 Å². The molecule has 0 amide bonds. The number of nitrogens with zero attached hydrogens (tertiary/aromatic N) is 4. The molecule has 2 N–H and O–H groups in total. The lowest BCUT2D eigenvalue weighted by Crippen LogP contribution is -2.37. The molecule has 0 fully saturated rings. The molecule has 0 saturated heterocycles. The molecule has 33 heavy (non-hydrogen) atoms. The number of aliphatic imine (C=N–C) groups is 1. The molecular weight excluding hydrogens is 535 g/mol. The molecule has 3 rings (SSSR count). The summed E-state index contributed by atoms with van der Waals surface area (Å²) in [6.07, 6.45) is 0. The minimum Gasteiger partial charge on any atom is -0.497 e. The fraction of sp³-hybridized carbons (Fsp3) is 0.348. The van der Waals surface area contributed by atoms with Crippen LogP contribution in [0, 0.1) is 6.92 Å². The van der Waals surface area contributed by atoms with Gasteiger partial charge in [0.15, 0.2) is 11.8 Å². The highest BCUT2D eigenvalue weighted by Gasteiger charge is 2.09. The van der Waals surface area contributed by atoms with Crippen molar-refractivity contribution in [3.63, 3.8) is 0 Å². The van der Waals surface area contributed by atoms with Crippen molar-refractivity contribution in [3.8, 4) is 17.2 Å². The van der Waals surface area contributed by atoms with Gasteiger partial charge in [-0.1, -0.05) is 12.1 Å². The molecule has 0 aliphatic carbocycles. The molecule has 0 aliphatic heterocycles. The topological polar surface area (TPSA) is 94.8 Å². The maximum atomic E-state index is 5.51. The number of hydrogen-bond acceptors (Lipinski definition) is 6. The van der Waals surface area contributed by atoms with E-state index in [1.807, 2.05) is 61.0 Å². The van der Waals surface area contributed by atoms with Gasteiger partial charge in [-0.2, -0.15) is 0 Å². The number of halogens is 1. The van der Waals surface area contributed by atoms with E-state index >= 15 is 0 Å². The van der Waals surface area contributed by atoms with Crippen LogP contribution in [0.3, 0.4) is 0 Å². The van der Waals surface area contributed by atoms with Gasteiger partial charge in [0.2, 0.25) is 0 Å². The lowest BCUT2D eigenvalue weighted by atomic mass is 10.2. The van der Waals surface area contributed by atoms with E-state index in [9.17, 15) is 0 Å². The van der Waals surface area contributed by atoms with Crippen molar-refractivity contribution in [3.05, 3.63) is 65.2 Å². The lowest BCUT2D eigenvalue weighted by molar-refractivity contribution is 0.390. The molecule has 0 saturated carbocycles. The predicted molar refractivity (Wildman–Crippen MR) is 139 cm³/mol. The number of aromatic nitrogens is 3. The summed E-state index contributed by atoms with van der Waals surface area (Å²) < 4.78 is 18.0. The summed E-state index contributed by atoms with van der Waals surface area (Å²) in [5.74, 6) is 4.64. The number of guanidine groups is 1. The summed E-state index contributed by atoms with van der Waals surface area (Å²) in [6.45, 7) is 3.45. The Bertz CT molecular complexity index is 1050. The molecule has 0 aliphatic rings. The monoisotopic (exact) mass is 566 g/mol. The molecule has 178 valence electrons.